The zero-order valence-electron chi connectivity index (χ0n) is 14.3. The smallest absolute Gasteiger partial charge is 0.405 e. The number of halogens is 2. The summed E-state index contributed by atoms with van der Waals surface area (Å²) in [4.78, 5) is 13.2. The third-order valence-electron chi connectivity index (χ3n) is 5.30. The molecule has 0 radical (unpaired) electrons. The lowest BCUT2D eigenvalue weighted by Gasteiger charge is -2.38. The van der Waals surface area contributed by atoms with E-state index in [0.29, 0.717) is 24.7 Å². The van der Waals surface area contributed by atoms with Crippen molar-refractivity contribution in [2.45, 2.75) is 70.3 Å². The van der Waals surface area contributed by atoms with Gasteiger partial charge in [0.1, 0.15) is 0 Å². The van der Waals surface area contributed by atoms with E-state index in [4.69, 9.17) is 5.11 Å². The highest BCUT2D eigenvalue weighted by Crippen LogP contribution is 2.37. The molecule has 0 bridgehead atoms. The second-order valence-electron chi connectivity index (χ2n) is 8.06. The van der Waals surface area contributed by atoms with Gasteiger partial charge in [-0.2, -0.15) is 0 Å². The molecule has 1 aliphatic carbocycles. The second kappa shape index (κ2) is 7.32. The topological polar surface area (TPSA) is 52.6 Å². The summed E-state index contributed by atoms with van der Waals surface area (Å²) in [5, 5.41) is 11.5. The van der Waals surface area contributed by atoms with Gasteiger partial charge in [0, 0.05) is 24.9 Å². The molecule has 1 heterocycles. The number of amides is 1. The first-order chi connectivity index (χ1) is 10.7. The third-order valence-corrected chi connectivity index (χ3v) is 5.30. The number of nitrogens with one attached hydrogen (secondary N) is 1. The molecule has 1 amide bonds. The van der Waals surface area contributed by atoms with E-state index in [1.807, 2.05) is 13.8 Å². The summed E-state index contributed by atoms with van der Waals surface area (Å²) in [6.07, 6.45) is 3.38. The standard InChI is InChI=1S/C17H30F2N2O2/c1-16(2,20-15(22)23)11-13-5-9-21(10-6-13)12-14-3-7-17(18,19)8-4-14/h13-14,20H,3-12H2,1-2H3,(H,22,23). The molecule has 2 aliphatic rings. The highest BCUT2D eigenvalue weighted by Gasteiger charge is 2.36. The van der Waals surface area contributed by atoms with Crippen molar-refractivity contribution in [2.24, 2.45) is 11.8 Å². The molecule has 2 rings (SSSR count). The molecule has 0 aromatic heterocycles. The Kier molecular flexibility index (Phi) is 5.87. The quantitative estimate of drug-likeness (QED) is 0.801. The van der Waals surface area contributed by atoms with Gasteiger partial charge >= 0.3 is 6.09 Å². The molecule has 0 aromatic rings. The van der Waals surface area contributed by atoms with Crippen molar-refractivity contribution < 1.29 is 18.7 Å². The van der Waals surface area contributed by atoms with Crippen LogP contribution >= 0.6 is 0 Å². The Balaban J connectivity index is 1.69. The highest BCUT2D eigenvalue weighted by molar-refractivity contribution is 5.65. The minimum absolute atomic E-state index is 0.0448. The minimum atomic E-state index is -2.44. The van der Waals surface area contributed by atoms with Crippen molar-refractivity contribution in [1.82, 2.24) is 10.2 Å². The lowest BCUT2D eigenvalue weighted by Crippen LogP contribution is -2.46. The van der Waals surface area contributed by atoms with Crippen LogP contribution in [0.25, 0.3) is 0 Å². The first kappa shape index (κ1) is 18.4. The predicted octanol–water partition coefficient (Wildman–Crippen LogP) is 3.96. The Hall–Kier alpha value is -0.910. The summed E-state index contributed by atoms with van der Waals surface area (Å²) in [6.45, 7) is 6.80. The van der Waals surface area contributed by atoms with Crippen LogP contribution in [-0.4, -0.2) is 47.2 Å². The zero-order valence-corrected chi connectivity index (χ0v) is 14.3. The van der Waals surface area contributed by atoms with E-state index in [2.05, 4.69) is 10.2 Å². The zero-order chi connectivity index (χ0) is 17.1. The number of carbonyl (C=O) groups is 1. The largest absolute Gasteiger partial charge is 0.465 e. The molecule has 2 N–H and O–H groups in total. The SMILES string of the molecule is CC(C)(CC1CCN(CC2CCC(F)(F)CC2)CC1)NC(=O)O. The number of carboxylic acid groups (broad SMARTS) is 1. The van der Waals surface area contributed by atoms with E-state index >= 15 is 0 Å². The summed E-state index contributed by atoms with van der Waals surface area (Å²) in [5.74, 6) is -1.49. The molecule has 1 saturated heterocycles. The number of piperidine rings is 1. The summed E-state index contributed by atoms with van der Waals surface area (Å²) >= 11 is 0. The summed E-state index contributed by atoms with van der Waals surface area (Å²) < 4.78 is 26.4. The van der Waals surface area contributed by atoms with Crippen molar-refractivity contribution >= 4 is 6.09 Å². The molecule has 134 valence electrons. The fourth-order valence-corrected chi connectivity index (χ4v) is 4.08. The first-order valence-corrected chi connectivity index (χ1v) is 8.76. The van der Waals surface area contributed by atoms with E-state index < -0.39 is 17.6 Å². The van der Waals surface area contributed by atoms with Gasteiger partial charge in [-0.25, -0.2) is 13.6 Å². The molecule has 2 fully saturated rings. The normalized spacial score (nSPS) is 24.5. The Labute approximate surface area is 137 Å². The van der Waals surface area contributed by atoms with Crippen LogP contribution in [0.1, 0.15) is 58.8 Å². The number of hydrogen-bond donors (Lipinski definition) is 2. The van der Waals surface area contributed by atoms with Crippen LogP contribution < -0.4 is 5.32 Å². The number of alkyl halides is 2. The van der Waals surface area contributed by atoms with E-state index in [0.717, 1.165) is 38.9 Å². The minimum Gasteiger partial charge on any atom is -0.465 e. The van der Waals surface area contributed by atoms with Gasteiger partial charge in [0.25, 0.3) is 0 Å². The van der Waals surface area contributed by atoms with Crippen LogP contribution in [-0.2, 0) is 0 Å². The van der Waals surface area contributed by atoms with Gasteiger partial charge in [-0.15, -0.1) is 0 Å². The predicted molar refractivity (Wildman–Crippen MR) is 85.9 cm³/mol. The maximum absolute atomic E-state index is 13.2. The molecule has 6 heteroatoms. The molecule has 1 aliphatic heterocycles. The Morgan fingerprint density at radius 3 is 2.26 bits per heavy atom. The summed E-state index contributed by atoms with van der Waals surface area (Å²) in [7, 11) is 0. The number of rotatable bonds is 5. The van der Waals surface area contributed by atoms with Crippen molar-refractivity contribution in [3.8, 4) is 0 Å². The first-order valence-electron chi connectivity index (χ1n) is 8.76. The average Bonchev–Trinajstić information content (AvgIpc) is 2.41. The maximum atomic E-state index is 13.2. The molecular formula is C17H30F2N2O2. The Bertz CT molecular complexity index is 397. The molecule has 0 spiro atoms. The van der Waals surface area contributed by atoms with E-state index in [-0.39, 0.29) is 12.8 Å². The molecule has 0 aromatic carbocycles. The van der Waals surface area contributed by atoms with Crippen LogP contribution in [0.3, 0.4) is 0 Å². The van der Waals surface area contributed by atoms with Crippen molar-refractivity contribution in [3.05, 3.63) is 0 Å². The lowest BCUT2D eigenvalue weighted by molar-refractivity contribution is -0.0497. The molecule has 0 atom stereocenters. The van der Waals surface area contributed by atoms with Crippen molar-refractivity contribution in [2.75, 3.05) is 19.6 Å². The fourth-order valence-electron chi connectivity index (χ4n) is 4.08. The van der Waals surface area contributed by atoms with Gasteiger partial charge in [0.05, 0.1) is 0 Å². The lowest BCUT2D eigenvalue weighted by atomic mass is 9.83. The molecule has 4 nitrogen and oxygen atoms in total. The average molecular weight is 332 g/mol. The van der Waals surface area contributed by atoms with Gasteiger partial charge in [0.2, 0.25) is 5.92 Å². The molecule has 0 unspecified atom stereocenters. The molecule has 23 heavy (non-hydrogen) atoms. The monoisotopic (exact) mass is 332 g/mol. The van der Waals surface area contributed by atoms with Crippen LogP contribution in [0.2, 0.25) is 0 Å². The number of nitrogens with zero attached hydrogens (tertiary/aromatic N) is 1. The van der Waals surface area contributed by atoms with Crippen LogP contribution in [0.15, 0.2) is 0 Å². The van der Waals surface area contributed by atoms with Gasteiger partial charge in [-0.05, 0) is 70.9 Å². The van der Waals surface area contributed by atoms with Crippen molar-refractivity contribution in [1.29, 1.82) is 0 Å². The van der Waals surface area contributed by atoms with Crippen LogP contribution in [0, 0.1) is 11.8 Å². The molecular weight excluding hydrogens is 302 g/mol. The van der Waals surface area contributed by atoms with Crippen LogP contribution in [0.5, 0.6) is 0 Å². The van der Waals surface area contributed by atoms with Gasteiger partial charge in [0.15, 0.2) is 0 Å². The maximum Gasteiger partial charge on any atom is 0.405 e. The highest BCUT2D eigenvalue weighted by atomic mass is 19.3. The second-order valence-corrected chi connectivity index (χ2v) is 8.06. The van der Waals surface area contributed by atoms with Gasteiger partial charge < -0.3 is 15.3 Å². The van der Waals surface area contributed by atoms with Crippen LogP contribution in [0.4, 0.5) is 13.6 Å². The van der Waals surface area contributed by atoms with E-state index in [9.17, 15) is 13.6 Å². The Morgan fingerprint density at radius 2 is 1.74 bits per heavy atom. The van der Waals surface area contributed by atoms with E-state index in [1.165, 1.54) is 0 Å². The van der Waals surface area contributed by atoms with Crippen molar-refractivity contribution in [3.63, 3.8) is 0 Å². The van der Waals surface area contributed by atoms with Gasteiger partial charge in [-0.3, -0.25) is 0 Å². The number of hydrogen-bond acceptors (Lipinski definition) is 2. The number of likely N-dealkylation sites (tertiary alicyclic amines) is 1. The Morgan fingerprint density at radius 1 is 1.17 bits per heavy atom. The van der Waals surface area contributed by atoms with Gasteiger partial charge in [-0.1, -0.05) is 0 Å². The van der Waals surface area contributed by atoms with E-state index in [1.54, 1.807) is 0 Å². The third kappa shape index (κ3) is 6.24. The fraction of sp³-hybridized carbons (Fsp3) is 0.941. The summed E-state index contributed by atoms with van der Waals surface area (Å²) in [5.41, 5.74) is -0.395. The summed E-state index contributed by atoms with van der Waals surface area (Å²) in [6, 6.07) is 0. The molecule has 1 saturated carbocycles.